The molecule has 3 aromatic rings. The van der Waals surface area contributed by atoms with Crippen molar-refractivity contribution in [1.29, 1.82) is 0 Å². The maximum absolute atomic E-state index is 12.5. The number of sulfonamides is 1. The number of aromatic amines is 1. The van der Waals surface area contributed by atoms with Gasteiger partial charge in [-0.15, -0.1) is 5.10 Å². The number of aryl methyl sites for hydroxylation is 2. The van der Waals surface area contributed by atoms with Crippen LogP contribution in [0.2, 0.25) is 10.0 Å². The Morgan fingerprint density at radius 1 is 1.28 bits per heavy atom. The molecule has 25 heavy (non-hydrogen) atoms. The van der Waals surface area contributed by atoms with Gasteiger partial charge in [0, 0.05) is 10.0 Å². The van der Waals surface area contributed by atoms with E-state index >= 15 is 0 Å². The maximum Gasteiger partial charge on any atom is 0.267 e. The van der Waals surface area contributed by atoms with Gasteiger partial charge < -0.3 is 0 Å². The van der Waals surface area contributed by atoms with Crippen molar-refractivity contribution in [3.05, 3.63) is 51.5 Å². The number of halogens is 2. The van der Waals surface area contributed by atoms with Gasteiger partial charge in [0.2, 0.25) is 0 Å². The Morgan fingerprint density at radius 2 is 2.04 bits per heavy atom. The predicted molar refractivity (Wildman–Crippen MR) is 94.5 cm³/mol. The summed E-state index contributed by atoms with van der Waals surface area (Å²) in [4.78, 5) is 4.06. The number of nitrogens with zero attached hydrogens (tertiary/aromatic N) is 4. The molecule has 11 heteroatoms. The van der Waals surface area contributed by atoms with Gasteiger partial charge in [-0.1, -0.05) is 29.3 Å². The second-order valence-corrected chi connectivity index (χ2v) is 7.83. The summed E-state index contributed by atoms with van der Waals surface area (Å²) in [6, 6.07) is 5.12. The molecule has 0 atom stereocenters. The minimum atomic E-state index is -3.83. The standard InChI is InChI=1S/C14H14Cl2N6O2S/c1-8-13(9(2)19-18-8)25(23,24)21-14-17-7-22(20-14)6-10-3-4-11(15)5-12(10)16/h3-5,7H,6H2,1-2H3,(H,18,19)(H,20,21). The van der Waals surface area contributed by atoms with Gasteiger partial charge in [-0.2, -0.15) is 10.1 Å². The van der Waals surface area contributed by atoms with Gasteiger partial charge in [-0.05, 0) is 31.5 Å². The lowest BCUT2D eigenvalue weighted by atomic mass is 10.2. The van der Waals surface area contributed by atoms with E-state index in [1.165, 1.54) is 11.0 Å². The molecule has 2 heterocycles. The molecule has 2 N–H and O–H groups in total. The second-order valence-electron chi connectivity index (χ2n) is 5.37. The van der Waals surface area contributed by atoms with Crippen molar-refractivity contribution in [2.24, 2.45) is 0 Å². The summed E-state index contributed by atoms with van der Waals surface area (Å²) >= 11 is 12.0. The van der Waals surface area contributed by atoms with E-state index in [2.05, 4.69) is 25.0 Å². The van der Waals surface area contributed by atoms with Crippen LogP contribution in [0.25, 0.3) is 0 Å². The Bertz CT molecular complexity index is 1010. The van der Waals surface area contributed by atoms with Crippen LogP contribution in [-0.4, -0.2) is 33.4 Å². The van der Waals surface area contributed by atoms with E-state index in [0.29, 0.717) is 28.0 Å². The highest BCUT2D eigenvalue weighted by Crippen LogP contribution is 2.22. The zero-order valence-corrected chi connectivity index (χ0v) is 15.6. The van der Waals surface area contributed by atoms with E-state index in [1.807, 2.05) is 0 Å². The quantitative estimate of drug-likeness (QED) is 0.684. The molecule has 0 fully saturated rings. The number of H-pyrrole nitrogens is 1. The lowest BCUT2D eigenvalue weighted by Gasteiger charge is -2.05. The third kappa shape index (κ3) is 3.78. The van der Waals surface area contributed by atoms with Crippen LogP contribution in [0.1, 0.15) is 17.0 Å². The van der Waals surface area contributed by atoms with E-state index in [9.17, 15) is 8.42 Å². The summed E-state index contributed by atoms with van der Waals surface area (Å²) in [7, 11) is -3.83. The van der Waals surface area contributed by atoms with Crippen molar-refractivity contribution in [1.82, 2.24) is 25.0 Å². The molecule has 132 valence electrons. The molecule has 0 amide bonds. The van der Waals surface area contributed by atoms with Crippen LogP contribution in [0.3, 0.4) is 0 Å². The molecule has 8 nitrogen and oxygen atoms in total. The highest BCUT2D eigenvalue weighted by Gasteiger charge is 2.23. The normalized spacial score (nSPS) is 11.7. The first-order chi connectivity index (χ1) is 11.8. The highest BCUT2D eigenvalue weighted by atomic mass is 35.5. The van der Waals surface area contributed by atoms with E-state index in [1.54, 1.807) is 32.0 Å². The fourth-order valence-electron chi connectivity index (χ4n) is 2.35. The summed E-state index contributed by atoms with van der Waals surface area (Å²) < 4.78 is 28.8. The Labute approximate surface area is 154 Å². The lowest BCUT2D eigenvalue weighted by molar-refractivity contribution is 0.599. The van der Waals surface area contributed by atoms with Gasteiger partial charge >= 0.3 is 0 Å². The molecule has 3 rings (SSSR count). The topological polar surface area (TPSA) is 106 Å². The van der Waals surface area contributed by atoms with Gasteiger partial charge in [0.25, 0.3) is 16.0 Å². The van der Waals surface area contributed by atoms with Gasteiger partial charge in [0.15, 0.2) is 0 Å². The van der Waals surface area contributed by atoms with Crippen molar-refractivity contribution < 1.29 is 8.42 Å². The summed E-state index contributed by atoms with van der Waals surface area (Å²) in [6.07, 6.45) is 1.41. The number of aromatic nitrogens is 5. The molecule has 0 radical (unpaired) electrons. The van der Waals surface area contributed by atoms with Gasteiger partial charge in [0.05, 0.1) is 17.9 Å². The van der Waals surface area contributed by atoms with E-state index in [0.717, 1.165) is 5.56 Å². The first-order valence-electron chi connectivity index (χ1n) is 7.14. The molecular formula is C14H14Cl2N6O2S. The number of hydrogen-bond donors (Lipinski definition) is 2. The van der Waals surface area contributed by atoms with E-state index in [-0.39, 0.29) is 10.8 Å². The van der Waals surface area contributed by atoms with Crippen molar-refractivity contribution >= 4 is 39.2 Å². The molecule has 0 unspecified atom stereocenters. The first-order valence-corrected chi connectivity index (χ1v) is 9.38. The van der Waals surface area contributed by atoms with E-state index < -0.39 is 10.0 Å². The van der Waals surface area contributed by atoms with E-state index in [4.69, 9.17) is 23.2 Å². The molecule has 0 aliphatic rings. The predicted octanol–water partition coefficient (Wildman–Crippen LogP) is 2.77. The zero-order valence-electron chi connectivity index (χ0n) is 13.3. The molecule has 0 aliphatic carbocycles. The van der Waals surface area contributed by atoms with Crippen molar-refractivity contribution in [2.45, 2.75) is 25.3 Å². The molecule has 0 aliphatic heterocycles. The summed E-state index contributed by atoms with van der Waals surface area (Å²) in [5.41, 5.74) is 1.60. The van der Waals surface area contributed by atoms with Crippen LogP contribution in [0.4, 0.5) is 5.95 Å². The monoisotopic (exact) mass is 400 g/mol. The smallest absolute Gasteiger partial charge is 0.267 e. The van der Waals surface area contributed by atoms with Crippen LogP contribution < -0.4 is 4.72 Å². The van der Waals surface area contributed by atoms with Crippen LogP contribution in [-0.2, 0) is 16.6 Å². The van der Waals surface area contributed by atoms with Crippen molar-refractivity contribution in [3.8, 4) is 0 Å². The molecular weight excluding hydrogens is 387 g/mol. The number of anilines is 1. The van der Waals surface area contributed by atoms with Crippen LogP contribution in [0.15, 0.2) is 29.4 Å². The lowest BCUT2D eigenvalue weighted by Crippen LogP contribution is -2.16. The average molecular weight is 401 g/mol. The molecule has 2 aromatic heterocycles. The van der Waals surface area contributed by atoms with Crippen LogP contribution in [0, 0.1) is 13.8 Å². The van der Waals surface area contributed by atoms with Gasteiger partial charge in [-0.25, -0.2) is 17.8 Å². The molecule has 0 spiro atoms. The summed E-state index contributed by atoms with van der Waals surface area (Å²) in [6.45, 7) is 3.56. The van der Waals surface area contributed by atoms with Crippen molar-refractivity contribution in [2.75, 3.05) is 4.72 Å². The highest BCUT2D eigenvalue weighted by molar-refractivity contribution is 7.92. The number of benzene rings is 1. The first kappa shape index (κ1) is 17.7. The average Bonchev–Trinajstić information content (AvgIpc) is 3.08. The minimum absolute atomic E-state index is 0.0370. The SMILES string of the molecule is Cc1n[nH]c(C)c1S(=O)(=O)Nc1ncn(Cc2ccc(Cl)cc2Cl)n1. The maximum atomic E-state index is 12.5. The second kappa shape index (κ2) is 6.66. The number of rotatable bonds is 5. The third-order valence-electron chi connectivity index (χ3n) is 3.44. The fraction of sp³-hybridized carbons (Fsp3) is 0.214. The molecule has 1 aromatic carbocycles. The summed E-state index contributed by atoms with van der Waals surface area (Å²) in [5, 5.41) is 11.7. The molecule has 0 saturated heterocycles. The van der Waals surface area contributed by atoms with Gasteiger partial charge in [0.1, 0.15) is 11.2 Å². The Kier molecular flexibility index (Phi) is 4.72. The number of nitrogens with one attached hydrogen (secondary N) is 2. The zero-order chi connectivity index (χ0) is 18.2. The van der Waals surface area contributed by atoms with Crippen LogP contribution in [0.5, 0.6) is 0 Å². The minimum Gasteiger partial charge on any atom is -0.281 e. The summed E-state index contributed by atoms with van der Waals surface area (Å²) in [5.74, 6) is -0.0370. The van der Waals surface area contributed by atoms with Crippen LogP contribution >= 0.6 is 23.2 Å². The van der Waals surface area contributed by atoms with Gasteiger partial charge in [-0.3, -0.25) is 5.10 Å². The third-order valence-corrected chi connectivity index (χ3v) is 5.62. The molecule has 0 saturated carbocycles. The fourth-order valence-corrected chi connectivity index (χ4v) is 4.14. The Morgan fingerprint density at radius 3 is 2.68 bits per heavy atom. The largest absolute Gasteiger partial charge is 0.281 e. The Balaban J connectivity index is 1.80. The van der Waals surface area contributed by atoms with Crippen molar-refractivity contribution in [3.63, 3.8) is 0 Å². The Hall–Kier alpha value is -2.10. The molecule has 0 bridgehead atoms. The number of hydrogen-bond acceptors (Lipinski definition) is 5.